The van der Waals surface area contributed by atoms with Gasteiger partial charge in [-0.3, -0.25) is 4.79 Å². The lowest BCUT2D eigenvalue weighted by atomic mass is 10.1. The van der Waals surface area contributed by atoms with Gasteiger partial charge in [-0.25, -0.2) is 0 Å². The number of benzene rings is 2. The Labute approximate surface area is 137 Å². The number of carbonyl (C=O) groups excluding carboxylic acids is 1. The molecule has 0 aliphatic rings. The predicted octanol–water partition coefficient (Wildman–Crippen LogP) is 3.78. The number of nitrogens with zero attached hydrogens (tertiary/aromatic N) is 2. The van der Waals surface area contributed by atoms with Gasteiger partial charge in [0.1, 0.15) is 0 Å². The van der Waals surface area contributed by atoms with Crippen LogP contribution in [0.4, 0.5) is 13.2 Å². The van der Waals surface area contributed by atoms with Crippen LogP contribution in [0.15, 0.2) is 48.5 Å². The normalized spacial score (nSPS) is 11.0. The molecule has 0 fully saturated rings. The van der Waals surface area contributed by atoms with Gasteiger partial charge in [-0.15, -0.1) is 0 Å². The molecule has 0 N–H and O–H groups in total. The molecule has 124 valence electrons. The predicted molar refractivity (Wildman–Crippen MR) is 82.8 cm³/mol. The van der Waals surface area contributed by atoms with Gasteiger partial charge in [0.05, 0.1) is 23.6 Å². The first kappa shape index (κ1) is 17.5. The topological polar surface area (TPSA) is 44.1 Å². The molecule has 3 nitrogen and oxygen atoms in total. The number of likely N-dealkylation sites (N-methyl/N-ethyl adjacent to an activating group) is 1. The zero-order valence-corrected chi connectivity index (χ0v) is 13.0. The molecule has 2 rings (SSSR count). The quantitative estimate of drug-likeness (QED) is 0.855. The molecule has 0 saturated heterocycles. The molecule has 0 unspecified atom stereocenters. The summed E-state index contributed by atoms with van der Waals surface area (Å²) in [6, 6.07) is 13.5. The molecule has 1 amide bonds. The van der Waals surface area contributed by atoms with E-state index in [4.69, 9.17) is 5.26 Å². The summed E-state index contributed by atoms with van der Waals surface area (Å²) in [6.07, 6.45) is -4.36. The molecule has 24 heavy (non-hydrogen) atoms. The van der Waals surface area contributed by atoms with Crippen molar-refractivity contribution in [1.29, 1.82) is 5.26 Å². The van der Waals surface area contributed by atoms with Gasteiger partial charge in [0.2, 0.25) is 5.91 Å². The van der Waals surface area contributed by atoms with Gasteiger partial charge in [-0.1, -0.05) is 24.3 Å². The SMILES string of the molecule is CN(Cc1cccc(C#N)c1)C(=O)Cc1ccc(C(F)(F)F)cc1. The van der Waals surface area contributed by atoms with Crippen molar-refractivity contribution in [2.24, 2.45) is 0 Å². The minimum atomic E-state index is -4.38. The van der Waals surface area contributed by atoms with E-state index in [-0.39, 0.29) is 12.3 Å². The summed E-state index contributed by atoms with van der Waals surface area (Å²) in [7, 11) is 1.62. The lowest BCUT2D eigenvalue weighted by molar-refractivity contribution is -0.137. The van der Waals surface area contributed by atoms with E-state index in [9.17, 15) is 18.0 Å². The van der Waals surface area contributed by atoms with Gasteiger partial charge >= 0.3 is 6.18 Å². The smallest absolute Gasteiger partial charge is 0.341 e. The van der Waals surface area contributed by atoms with Crippen LogP contribution in [0.2, 0.25) is 0 Å². The van der Waals surface area contributed by atoms with Crippen LogP contribution in [-0.4, -0.2) is 17.9 Å². The lowest BCUT2D eigenvalue weighted by Gasteiger charge is -2.17. The Kier molecular flexibility index (Phi) is 5.24. The molecule has 6 heteroatoms. The summed E-state index contributed by atoms with van der Waals surface area (Å²) in [6.45, 7) is 0.328. The van der Waals surface area contributed by atoms with Gasteiger partial charge in [0.15, 0.2) is 0 Å². The Morgan fingerprint density at radius 2 is 1.79 bits per heavy atom. The average Bonchev–Trinajstić information content (AvgIpc) is 2.54. The summed E-state index contributed by atoms with van der Waals surface area (Å²) >= 11 is 0. The van der Waals surface area contributed by atoms with Crippen molar-refractivity contribution in [3.63, 3.8) is 0 Å². The van der Waals surface area contributed by atoms with Crippen LogP contribution in [0, 0.1) is 11.3 Å². The standard InChI is InChI=1S/C18H15F3N2O/c1-23(12-15-4-2-3-14(9-15)11-22)17(24)10-13-5-7-16(8-6-13)18(19,20)21/h2-9H,10,12H2,1H3. The van der Waals surface area contributed by atoms with Crippen molar-refractivity contribution in [2.45, 2.75) is 19.1 Å². The molecule has 2 aromatic rings. The van der Waals surface area contributed by atoms with Crippen molar-refractivity contribution >= 4 is 5.91 Å². The first-order chi connectivity index (χ1) is 11.3. The second kappa shape index (κ2) is 7.18. The third-order valence-electron chi connectivity index (χ3n) is 3.54. The minimum Gasteiger partial charge on any atom is -0.341 e. The summed E-state index contributed by atoms with van der Waals surface area (Å²) in [5.41, 5.74) is 1.11. The first-order valence-electron chi connectivity index (χ1n) is 7.19. The lowest BCUT2D eigenvalue weighted by Crippen LogP contribution is -2.27. The zero-order valence-electron chi connectivity index (χ0n) is 13.0. The van der Waals surface area contributed by atoms with E-state index in [0.717, 1.165) is 17.7 Å². The van der Waals surface area contributed by atoms with Crippen LogP contribution < -0.4 is 0 Å². The van der Waals surface area contributed by atoms with E-state index in [0.29, 0.717) is 17.7 Å². The number of hydrogen-bond acceptors (Lipinski definition) is 2. The van der Waals surface area contributed by atoms with E-state index in [1.165, 1.54) is 17.0 Å². The molecule has 0 atom stereocenters. The number of nitriles is 1. The maximum Gasteiger partial charge on any atom is 0.416 e. The van der Waals surface area contributed by atoms with E-state index in [1.807, 2.05) is 12.1 Å². The third kappa shape index (κ3) is 4.59. The molecule has 0 saturated carbocycles. The Bertz CT molecular complexity index is 761. The summed E-state index contributed by atoms with van der Waals surface area (Å²) in [5, 5.41) is 8.87. The largest absolute Gasteiger partial charge is 0.416 e. The van der Waals surface area contributed by atoms with E-state index >= 15 is 0 Å². The fourth-order valence-electron chi connectivity index (χ4n) is 2.22. The van der Waals surface area contributed by atoms with Crippen LogP contribution in [0.5, 0.6) is 0 Å². The highest BCUT2D eigenvalue weighted by atomic mass is 19.4. The van der Waals surface area contributed by atoms with Crippen LogP contribution in [-0.2, 0) is 23.9 Å². The van der Waals surface area contributed by atoms with Crippen LogP contribution >= 0.6 is 0 Å². The molecule has 0 bridgehead atoms. The maximum atomic E-state index is 12.5. The summed E-state index contributed by atoms with van der Waals surface area (Å²) in [4.78, 5) is 13.7. The maximum absolute atomic E-state index is 12.5. The first-order valence-corrected chi connectivity index (χ1v) is 7.19. The molecular weight excluding hydrogens is 317 g/mol. The van der Waals surface area contributed by atoms with Crippen molar-refractivity contribution in [3.05, 3.63) is 70.8 Å². The molecule has 0 aliphatic carbocycles. The molecule has 2 aromatic carbocycles. The highest BCUT2D eigenvalue weighted by Gasteiger charge is 2.30. The molecule has 0 aromatic heterocycles. The second-order valence-corrected chi connectivity index (χ2v) is 5.43. The van der Waals surface area contributed by atoms with Crippen LogP contribution in [0.3, 0.4) is 0 Å². The minimum absolute atomic E-state index is 0.0204. The molecular formula is C18H15F3N2O. The Hall–Kier alpha value is -2.81. The van der Waals surface area contributed by atoms with E-state index in [2.05, 4.69) is 0 Å². The van der Waals surface area contributed by atoms with E-state index < -0.39 is 11.7 Å². The van der Waals surface area contributed by atoms with Crippen LogP contribution in [0.25, 0.3) is 0 Å². The molecule has 0 spiro atoms. The number of hydrogen-bond donors (Lipinski definition) is 0. The summed E-state index contributed by atoms with van der Waals surface area (Å²) < 4.78 is 37.5. The highest BCUT2D eigenvalue weighted by Crippen LogP contribution is 2.29. The number of halogens is 3. The fraction of sp³-hybridized carbons (Fsp3) is 0.222. The average molecular weight is 332 g/mol. The Morgan fingerprint density at radius 1 is 1.12 bits per heavy atom. The van der Waals surface area contributed by atoms with Gasteiger partial charge in [0, 0.05) is 13.6 Å². The second-order valence-electron chi connectivity index (χ2n) is 5.43. The van der Waals surface area contributed by atoms with Crippen LogP contribution in [0.1, 0.15) is 22.3 Å². The number of alkyl halides is 3. The number of rotatable bonds is 4. The monoisotopic (exact) mass is 332 g/mol. The molecule has 0 radical (unpaired) electrons. The van der Waals surface area contributed by atoms with Gasteiger partial charge in [-0.05, 0) is 35.4 Å². The molecule has 0 aliphatic heterocycles. The van der Waals surface area contributed by atoms with Gasteiger partial charge < -0.3 is 4.90 Å². The van der Waals surface area contributed by atoms with Gasteiger partial charge in [-0.2, -0.15) is 18.4 Å². The number of amides is 1. The number of carbonyl (C=O) groups is 1. The Balaban J connectivity index is 2.00. The van der Waals surface area contributed by atoms with Crippen molar-refractivity contribution in [2.75, 3.05) is 7.05 Å². The van der Waals surface area contributed by atoms with Crippen molar-refractivity contribution < 1.29 is 18.0 Å². The fourth-order valence-corrected chi connectivity index (χ4v) is 2.22. The van der Waals surface area contributed by atoms with Crippen molar-refractivity contribution in [3.8, 4) is 6.07 Å². The zero-order chi connectivity index (χ0) is 17.7. The van der Waals surface area contributed by atoms with Crippen molar-refractivity contribution in [1.82, 2.24) is 4.90 Å². The third-order valence-corrected chi connectivity index (χ3v) is 3.54. The summed E-state index contributed by atoms with van der Waals surface area (Å²) in [5.74, 6) is -0.211. The van der Waals surface area contributed by atoms with E-state index in [1.54, 1.807) is 25.2 Å². The Morgan fingerprint density at radius 3 is 2.38 bits per heavy atom. The van der Waals surface area contributed by atoms with Gasteiger partial charge in [0.25, 0.3) is 0 Å². The highest BCUT2D eigenvalue weighted by molar-refractivity contribution is 5.78. The molecule has 0 heterocycles.